The Morgan fingerprint density at radius 2 is 1.75 bits per heavy atom. The molecule has 0 heterocycles. The second kappa shape index (κ2) is 8.88. The minimum absolute atomic E-state index is 0.0203. The molecule has 0 atom stereocenters. The topological polar surface area (TPSA) is 55.4 Å². The molecule has 0 saturated carbocycles. The number of Topliss-reactive ketones (excluding diaryl/α,β-unsaturated/α-hetero) is 1. The van der Waals surface area contributed by atoms with Gasteiger partial charge in [0.2, 0.25) is 0 Å². The highest BCUT2D eigenvalue weighted by atomic mass is 16.5. The van der Waals surface area contributed by atoms with Crippen LogP contribution in [0.3, 0.4) is 0 Å². The third-order valence-electron chi connectivity index (χ3n) is 4.28. The molecular weight excluding hydrogens is 350 g/mol. The number of benzene rings is 3. The van der Waals surface area contributed by atoms with Crippen molar-refractivity contribution in [2.45, 2.75) is 13.8 Å². The van der Waals surface area contributed by atoms with Crippen LogP contribution in [0.15, 0.2) is 60.7 Å². The number of fused-ring (bicyclic) bond motifs is 1. The molecule has 0 aromatic heterocycles. The lowest BCUT2D eigenvalue weighted by atomic mass is 10.0. The summed E-state index contributed by atoms with van der Waals surface area (Å²) in [6.07, 6.45) is 0. The van der Waals surface area contributed by atoms with Crippen molar-refractivity contribution in [2.75, 3.05) is 13.2 Å². The molecule has 0 fully saturated rings. The van der Waals surface area contributed by atoms with Gasteiger partial charge in [-0.05, 0) is 42.8 Å². The molecule has 4 nitrogen and oxygen atoms in total. The molecule has 0 aliphatic rings. The van der Waals surface area contributed by atoms with E-state index in [1.54, 1.807) is 24.3 Å². The maximum atomic E-state index is 12.8. The van der Waals surface area contributed by atoms with Crippen LogP contribution >= 0.6 is 0 Å². The second-order valence-electron chi connectivity index (χ2n) is 6.21. The van der Waals surface area contributed by atoms with E-state index in [9.17, 15) is 9.59 Å². The van der Waals surface area contributed by atoms with Crippen LogP contribution in [0.5, 0.6) is 5.75 Å². The predicted octanol–water partition coefficient (Wildman–Crippen LogP) is 4.22. The van der Waals surface area contributed by atoms with E-state index in [4.69, 9.17) is 4.74 Å². The number of carbonyl (C=O) groups excluding carboxylic acids is 2. The maximum absolute atomic E-state index is 12.8. The number of hydrogen-bond acceptors (Lipinski definition) is 3. The fraction of sp³-hybridized carbons (Fsp3) is 0.167. The van der Waals surface area contributed by atoms with Gasteiger partial charge in [-0.3, -0.25) is 9.59 Å². The van der Waals surface area contributed by atoms with E-state index in [0.717, 1.165) is 16.3 Å². The average molecular weight is 371 g/mol. The van der Waals surface area contributed by atoms with Gasteiger partial charge in [-0.15, -0.1) is 0 Å². The Balaban J connectivity index is 1.75. The van der Waals surface area contributed by atoms with Crippen molar-refractivity contribution < 1.29 is 14.3 Å². The maximum Gasteiger partial charge on any atom is 0.256 e. The molecule has 0 aliphatic carbocycles. The third kappa shape index (κ3) is 4.39. The number of hydrogen-bond donors (Lipinski definition) is 1. The first-order chi connectivity index (χ1) is 13.6. The zero-order valence-corrected chi connectivity index (χ0v) is 15.9. The van der Waals surface area contributed by atoms with Crippen LogP contribution in [0.2, 0.25) is 0 Å². The van der Waals surface area contributed by atoms with E-state index in [1.807, 2.05) is 43.3 Å². The van der Waals surface area contributed by atoms with E-state index in [-0.39, 0.29) is 18.2 Å². The summed E-state index contributed by atoms with van der Waals surface area (Å²) in [4.78, 5) is 24.1. The van der Waals surface area contributed by atoms with Gasteiger partial charge in [-0.1, -0.05) is 54.3 Å². The molecular formula is C24H21NO3. The Labute approximate surface area is 164 Å². The first-order valence-corrected chi connectivity index (χ1v) is 9.12. The summed E-state index contributed by atoms with van der Waals surface area (Å²) in [7, 11) is 0. The summed E-state index contributed by atoms with van der Waals surface area (Å²) in [5, 5.41) is 4.67. The molecule has 3 aromatic rings. The average Bonchev–Trinajstić information content (AvgIpc) is 2.71. The van der Waals surface area contributed by atoms with Crippen molar-refractivity contribution in [3.63, 3.8) is 0 Å². The Kier molecular flexibility index (Phi) is 6.08. The van der Waals surface area contributed by atoms with Crippen molar-refractivity contribution in [3.8, 4) is 17.6 Å². The zero-order valence-electron chi connectivity index (χ0n) is 15.9. The lowest BCUT2D eigenvalue weighted by molar-refractivity contribution is 0.0955. The molecule has 3 rings (SSSR count). The van der Waals surface area contributed by atoms with Crippen molar-refractivity contribution in [2.24, 2.45) is 0 Å². The number of carbonyl (C=O) groups is 2. The molecule has 3 aromatic carbocycles. The summed E-state index contributed by atoms with van der Waals surface area (Å²) in [6.45, 7) is 4.11. The highest BCUT2D eigenvalue weighted by Gasteiger charge is 2.15. The molecule has 0 aliphatic heterocycles. The van der Waals surface area contributed by atoms with Crippen molar-refractivity contribution in [1.82, 2.24) is 5.32 Å². The van der Waals surface area contributed by atoms with Gasteiger partial charge >= 0.3 is 0 Å². The molecule has 140 valence electrons. The first kappa shape index (κ1) is 19.2. The van der Waals surface area contributed by atoms with Gasteiger partial charge in [-0.2, -0.15) is 0 Å². The second-order valence-corrected chi connectivity index (χ2v) is 6.21. The third-order valence-corrected chi connectivity index (χ3v) is 4.28. The van der Waals surface area contributed by atoms with Crippen LogP contribution in [-0.4, -0.2) is 24.8 Å². The monoisotopic (exact) mass is 371 g/mol. The van der Waals surface area contributed by atoms with Gasteiger partial charge in [0.25, 0.3) is 5.91 Å². The standard InChI is InChI=1S/C24H21NO3/c1-3-28-22-15-14-20-8-4-5-9-21(20)23(22)24(27)25-16-6-7-18-10-12-19(13-11-18)17(2)26/h4-5,8-15H,3,16H2,1-2H3,(H,25,27). The molecule has 1 amide bonds. The van der Waals surface area contributed by atoms with Crippen LogP contribution in [-0.2, 0) is 0 Å². The fourth-order valence-electron chi connectivity index (χ4n) is 2.91. The van der Waals surface area contributed by atoms with Gasteiger partial charge in [0, 0.05) is 11.1 Å². The molecule has 4 heteroatoms. The Hall–Kier alpha value is -3.58. The fourth-order valence-corrected chi connectivity index (χ4v) is 2.91. The van der Waals surface area contributed by atoms with Crippen molar-refractivity contribution in [1.29, 1.82) is 0 Å². The number of ether oxygens (including phenoxy) is 1. The Morgan fingerprint density at radius 3 is 2.46 bits per heavy atom. The first-order valence-electron chi connectivity index (χ1n) is 9.12. The van der Waals surface area contributed by atoms with Crippen LogP contribution in [0.25, 0.3) is 10.8 Å². The molecule has 0 bridgehead atoms. The smallest absolute Gasteiger partial charge is 0.256 e. The van der Waals surface area contributed by atoms with Gasteiger partial charge in [-0.25, -0.2) is 0 Å². The molecule has 0 saturated heterocycles. The zero-order chi connectivity index (χ0) is 19.9. The minimum Gasteiger partial charge on any atom is -0.493 e. The Morgan fingerprint density at radius 1 is 1.00 bits per heavy atom. The number of ketones is 1. The van der Waals surface area contributed by atoms with Gasteiger partial charge < -0.3 is 10.1 Å². The molecule has 1 N–H and O–H groups in total. The quantitative estimate of drug-likeness (QED) is 0.540. The highest BCUT2D eigenvalue weighted by molar-refractivity contribution is 6.09. The normalized spacial score (nSPS) is 10.1. The van der Waals surface area contributed by atoms with E-state index in [1.165, 1.54) is 6.92 Å². The summed E-state index contributed by atoms with van der Waals surface area (Å²) in [5.74, 6) is 6.29. The van der Waals surface area contributed by atoms with Crippen LogP contribution < -0.4 is 10.1 Å². The summed E-state index contributed by atoms with van der Waals surface area (Å²) in [6, 6.07) is 18.6. The van der Waals surface area contributed by atoms with E-state index in [2.05, 4.69) is 17.2 Å². The molecule has 28 heavy (non-hydrogen) atoms. The van der Waals surface area contributed by atoms with Crippen LogP contribution in [0, 0.1) is 11.8 Å². The predicted molar refractivity (Wildman–Crippen MR) is 111 cm³/mol. The van der Waals surface area contributed by atoms with Gasteiger partial charge in [0.05, 0.1) is 18.7 Å². The van der Waals surface area contributed by atoms with Crippen LogP contribution in [0.4, 0.5) is 0 Å². The number of amides is 1. The van der Waals surface area contributed by atoms with Crippen LogP contribution in [0.1, 0.15) is 40.1 Å². The summed E-state index contributed by atoms with van der Waals surface area (Å²) < 4.78 is 5.65. The molecule has 0 unspecified atom stereocenters. The SMILES string of the molecule is CCOc1ccc2ccccc2c1C(=O)NCC#Cc1ccc(C(C)=O)cc1. The molecule has 0 radical (unpaired) electrons. The van der Waals surface area contributed by atoms with Gasteiger partial charge in [0.15, 0.2) is 5.78 Å². The molecule has 0 spiro atoms. The van der Waals surface area contributed by atoms with Crippen molar-refractivity contribution >= 4 is 22.5 Å². The number of nitrogens with one attached hydrogen (secondary N) is 1. The van der Waals surface area contributed by atoms with E-state index < -0.39 is 0 Å². The number of rotatable bonds is 5. The largest absolute Gasteiger partial charge is 0.493 e. The van der Waals surface area contributed by atoms with Gasteiger partial charge in [0.1, 0.15) is 5.75 Å². The van der Waals surface area contributed by atoms with E-state index in [0.29, 0.717) is 23.5 Å². The summed E-state index contributed by atoms with van der Waals surface area (Å²) >= 11 is 0. The Bertz CT molecular complexity index is 1070. The summed E-state index contributed by atoms with van der Waals surface area (Å²) in [5.41, 5.74) is 1.96. The lowest BCUT2D eigenvalue weighted by Gasteiger charge is -2.12. The lowest BCUT2D eigenvalue weighted by Crippen LogP contribution is -2.24. The van der Waals surface area contributed by atoms with E-state index >= 15 is 0 Å². The highest BCUT2D eigenvalue weighted by Crippen LogP contribution is 2.28. The minimum atomic E-state index is -0.221. The van der Waals surface area contributed by atoms with Crippen molar-refractivity contribution in [3.05, 3.63) is 77.4 Å².